The third-order valence-corrected chi connectivity index (χ3v) is 4.57. The lowest BCUT2D eigenvalue weighted by Crippen LogP contribution is -2.34. The van der Waals surface area contributed by atoms with Gasteiger partial charge < -0.3 is 10.1 Å². The van der Waals surface area contributed by atoms with Gasteiger partial charge in [-0.15, -0.1) is 0 Å². The van der Waals surface area contributed by atoms with Gasteiger partial charge in [0, 0.05) is 18.2 Å². The number of aromatic nitrogens is 2. The van der Waals surface area contributed by atoms with Crippen LogP contribution in [0.15, 0.2) is 65.5 Å². The van der Waals surface area contributed by atoms with Gasteiger partial charge in [-0.1, -0.05) is 55.0 Å². The highest BCUT2D eigenvalue weighted by Crippen LogP contribution is 2.18. The Hall–Kier alpha value is -3.41. The molecule has 0 bridgehead atoms. The summed E-state index contributed by atoms with van der Waals surface area (Å²) in [6, 6.07) is 18.8. The number of carbonyl (C=O) groups excluding carboxylic acids is 1. The summed E-state index contributed by atoms with van der Waals surface area (Å²) in [5.41, 5.74) is 3.67. The Morgan fingerprint density at radius 3 is 2.59 bits per heavy atom. The smallest absolute Gasteiger partial charge is 0.266 e. The van der Waals surface area contributed by atoms with Crippen molar-refractivity contribution in [3.63, 3.8) is 0 Å². The van der Waals surface area contributed by atoms with Gasteiger partial charge in [-0.2, -0.15) is 5.10 Å². The predicted molar refractivity (Wildman–Crippen MR) is 113 cm³/mol. The average Bonchev–Trinajstić information content (AvgIpc) is 2.74. The fraction of sp³-hybridized carbons (Fsp3) is 0.261. The highest BCUT2D eigenvalue weighted by atomic mass is 16.5. The molecule has 0 saturated carbocycles. The van der Waals surface area contributed by atoms with E-state index in [9.17, 15) is 9.59 Å². The summed E-state index contributed by atoms with van der Waals surface area (Å²) in [6.45, 7) is 4.57. The molecule has 29 heavy (non-hydrogen) atoms. The Bertz CT molecular complexity index is 1030. The number of benzene rings is 2. The van der Waals surface area contributed by atoms with Gasteiger partial charge in [0.1, 0.15) is 5.75 Å². The van der Waals surface area contributed by atoms with Gasteiger partial charge in [-0.05, 0) is 31.0 Å². The first kappa shape index (κ1) is 20.3. The van der Waals surface area contributed by atoms with Crippen molar-refractivity contribution in [2.45, 2.75) is 26.8 Å². The number of carbonyl (C=O) groups is 1. The van der Waals surface area contributed by atoms with Crippen molar-refractivity contribution in [2.75, 3.05) is 13.2 Å². The number of hydrogen-bond donors (Lipinski definition) is 1. The molecule has 6 heteroatoms. The van der Waals surface area contributed by atoms with Crippen LogP contribution in [0, 0.1) is 6.92 Å². The number of nitrogens with zero attached hydrogens (tertiary/aromatic N) is 2. The Labute approximate surface area is 170 Å². The minimum atomic E-state index is -0.237. The lowest BCUT2D eigenvalue weighted by Gasteiger charge is -2.11. The molecule has 6 nitrogen and oxygen atoms in total. The number of nitrogens with one attached hydrogen (secondary N) is 1. The zero-order chi connectivity index (χ0) is 20.6. The molecule has 150 valence electrons. The quantitative estimate of drug-likeness (QED) is 0.641. The molecular formula is C23H25N3O3. The Morgan fingerprint density at radius 1 is 1.07 bits per heavy atom. The van der Waals surface area contributed by atoms with E-state index < -0.39 is 0 Å². The van der Waals surface area contributed by atoms with Gasteiger partial charge in [0.15, 0.2) is 6.61 Å². The lowest BCUT2D eigenvalue weighted by atomic mass is 10.1. The van der Waals surface area contributed by atoms with E-state index >= 15 is 0 Å². The molecule has 0 atom stereocenters. The molecule has 0 radical (unpaired) electrons. The van der Waals surface area contributed by atoms with Crippen molar-refractivity contribution >= 4 is 5.91 Å². The molecule has 1 amide bonds. The number of aryl methyl sites for hydroxylation is 2. The van der Waals surface area contributed by atoms with E-state index in [2.05, 4.69) is 10.4 Å². The second kappa shape index (κ2) is 9.68. The number of ether oxygens (including phenoxy) is 1. The minimum absolute atomic E-state index is 0.0667. The first-order valence-corrected chi connectivity index (χ1v) is 9.69. The van der Waals surface area contributed by atoms with E-state index in [0.717, 1.165) is 28.8 Å². The largest absolute Gasteiger partial charge is 0.483 e. The molecule has 1 aromatic heterocycles. The van der Waals surface area contributed by atoms with Gasteiger partial charge in [0.2, 0.25) is 0 Å². The number of para-hydroxylation sites is 1. The van der Waals surface area contributed by atoms with Crippen molar-refractivity contribution in [1.29, 1.82) is 0 Å². The van der Waals surface area contributed by atoms with E-state index in [-0.39, 0.29) is 24.6 Å². The molecule has 3 rings (SSSR count). The fourth-order valence-electron chi connectivity index (χ4n) is 2.92. The lowest BCUT2D eigenvalue weighted by molar-refractivity contribution is -0.123. The maximum atomic E-state index is 12.1. The van der Waals surface area contributed by atoms with E-state index in [1.165, 1.54) is 10.7 Å². The molecule has 0 aliphatic rings. The molecular weight excluding hydrogens is 366 g/mol. The zero-order valence-corrected chi connectivity index (χ0v) is 16.7. The molecule has 3 aromatic rings. The van der Waals surface area contributed by atoms with Crippen LogP contribution in [0.25, 0.3) is 11.3 Å². The molecule has 0 aliphatic carbocycles. The molecule has 0 saturated heterocycles. The number of hydrogen-bond acceptors (Lipinski definition) is 4. The third-order valence-electron chi connectivity index (χ3n) is 4.57. The number of amides is 1. The SMILES string of the molecule is CCc1ccccc1OCC(=O)NCCn1nc(-c2ccc(C)cc2)ccc1=O. The van der Waals surface area contributed by atoms with Gasteiger partial charge in [0.05, 0.1) is 12.2 Å². The van der Waals surface area contributed by atoms with Gasteiger partial charge in [-0.25, -0.2) is 4.68 Å². The Morgan fingerprint density at radius 2 is 1.83 bits per heavy atom. The second-order valence-electron chi connectivity index (χ2n) is 6.75. The molecule has 0 unspecified atom stereocenters. The van der Waals surface area contributed by atoms with E-state index in [1.54, 1.807) is 6.07 Å². The minimum Gasteiger partial charge on any atom is -0.483 e. The Balaban J connectivity index is 1.54. The van der Waals surface area contributed by atoms with E-state index in [4.69, 9.17) is 4.74 Å². The summed E-state index contributed by atoms with van der Waals surface area (Å²) in [4.78, 5) is 24.1. The highest BCUT2D eigenvalue weighted by Gasteiger charge is 2.07. The second-order valence-corrected chi connectivity index (χ2v) is 6.75. The van der Waals surface area contributed by atoms with Crippen LogP contribution in [0.4, 0.5) is 0 Å². The van der Waals surface area contributed by atoms with Crippen molar-refractivity contribution < 1.29 is 9.53 Å². The normalized spacial score (nSPS) is 10.6. The fourth-order valence-corrected chi connectivity index (χ4v) is 2.92. The summed E-state index contributed by atoms with van der Waals surface area (Å²) in [6.07, 6.45) is 0.837. The average molecular weight is 391 g/mol. The summed E-state index contributed by atoms with van der Waals surface area (Å²) in [7, 11) is 0. The molecule has 1 heterocycles. The van der Waals surface area contributed by atoms with Crippen molar-refractivity contribution in [2.24, 2.45) is 0 Å². The van der Waals surface area contributed by atoms with Crippen molar-refractivity contribution in [3.05, 3.63) is 82.1 Å². The summed E-state index contributed by atoms with van der Waals surface area (Å²) >= 11 is 0. The summed E-state index contributed by atoms with van der Waals surface area (Å²) in [5, 5.41) is 7.18. The predicted octanol–water partition coefficient (Wildman–Crippen LogP) is 2.98. The van der Waals surface area contributed by atoms with Gasteiger partial charge >= 0.3 is 0 Å². The summed E-state index contributed by atoms with van der Waals surface area (Å²) < 4.78 is 6.97. The highest BCUT2D eigenvalue weighted by molar-refractivity contribution is 5.77. The van der Waals surface area contributed by atoms with Crippen molar-refractivity contribution in [1.82, 2.24) is 15.1 Å². The molecule has 1 N–H and O–H groups in total. The van der Waals surface area contributed by atoms with Gasteiger partial charge in [0.25, 0.3) is 11.5 Å². The third kappa shape index (κ3) is 5.54. The summed E-state index contributed by atoms with van der Waals surface area (Å²) in [5.74, 6) is 0.479. The van der Waals surface area contributed by atoms with E-state index in [1.807, 2.05) is 62.4 Å². The van der Waals surface area contributed by atoms with Crippen molar-refractivity contribution in [3.8, 4) is 17.0 Å². The molecule has 2 aromatic carbocycles. The first-order valence-electron chi connectivity index (χ1n) is 9.69. The van der Waals surface area contributed by atoms with Crippen LogP contribution in [-0.2, 0) is 17.8 Å². The monoisotopic (exact) mass is 391 g/mol. The molecule has 0 aliphatic heterocycles. The van der Waals surface area contributed by atoms with Crippen LogP contribution in [0.5, 0.6) is 5.75 Å². The first-order chi connectivity index (χ1) is 14.1. The zero-order valence-electron chi connectivity index (χ0n) is 16.7. The maximum absolute atomic E-state index is 12.1. The van der Waals surface area contributed by atoms with Crippen LogP contribution in [0.3, 0.4) is 0 Å². The molecule has 0 spiro atoms. The standard InChI is InChI=1S/C23H25N3O3/c1-3-18-6-4-5-7-21(18)29-16-22(27)24-14-15-26-23(28)13-12-20(25-26)19-10-8-17(2)9-11-19/h4-13H,3,14-16H2,1-2H3,(H,24,27). The maximum Gasteiger partial charge on any atom is 0.266 e. The number of rotatable bonds is 8. The van der Waals surface area contributed by atoms with Crippen LogP contribution < -0.4 is 15.6 Å². The van der Waals surface area contributed by atoms with Crippen LogP contribution >= 0.6 is 0 Å². The Kier molecular flexibility index (Phi) is 6.79. The van der Waals surface area contributed by atoms with E-state index in [0.29, 0.717) is 12.3 Å². The molecule has 0 fully saturated rings. The van der Waals surface area contributed by atoms with Crippen LogP contribution in [0.1, 0.15) is 18.1 Å². The van der Waals surface area contributed by atoms with Crippen LogP contribution in [-0.4, -0.2) is 28.8 Å². The van der Waals surface area contributed by atoms with Gasteiger partial charge in [-0.3, -0.25) is 9.59 Å². The van der Waals surface area contributed by atoms with Crippen LogP contribution in [0.2, 0.25) is 0 Å². The topological polar surface area (TPSA) is 73.2 Å².